The average Bonchev–Trinajstić information content (AvgIpc) is 2.88. The SMILES string of the molecule is Cc1nn(C)c(N2C[C@H]3CCC(N)C[C@H]3C2)c1C#N. The number of hydrogen-bond acceptors (Lipinski definition) is 4. The Morgan fingerprint density at radius 3 is 2.79 bits per heavy atom. The third-order valence-electron chi connectivity index (χ3n) is 4.69. The topological polar surface area (TPSA) is 70.9 Å². The Kier molecular flexibility index (Phi) is 2.98. The maximum Gasteiger partial charge on any atom is 0.144 e. The number of aromatic nitrogens is 2. The van der Waals surface area contributed by atoms with Crippen LogP contribution in [0.15, 0.2) is 0 Å². The van der Waals surface area contributed by atoms with Crippen LogP contribution in [0.2, 0.25) is 0 Å². The number of nitrogens with two attached hydrogens (primary N) is 1. The molecule has 2 N–H and O–H groups in total. The molecule has 1 saturated carbocycles. The summed E-state index contributed by atoms with van der Waals surface area (Å²) in [5.41, 5.74) is 7.63. The first-order chi connectivity index (χ1) is 9.10. The summed E-state index contributed by atoms with van der Waals surface area (Å²) in [6.07, 6.45) is 3.49. The van der Waals surface area contributed by atoms with Crippen molar-refractivity contribution in [1.29, 1.82) is 5.26 Å². The third-order valence-corrected chi connectivity index (χ3v) is 4.69. The van der Waals surface area contributed by atoms with Crippen LogP contribution in [-0.2, 0) is 7.05 Å². The molecule has 2 heterocycles. The second-order valence-electron chi connectivity index (χ2n) is 6.02. The van der Waals surface area contributed by atoms with Gasteiger partial charge in [0.2, 0.25) is 0 Å². The van der Waals surface area contributed by atoms with Crippen LogP contribution in [0.4, 0.5) is 5.82 Å². The van der Waals surface area contributed by atoms with Gasteiger partial charge in [-0.1, -0.05) is 0 Å². The van der Waals surface area contributed by atoms with Gasteiger partial charge in [-0.3, -0.25) is 4.68 Å². The molecule has 1 aromatic rings. The quantitative estimate of drug-likeness (QED) is 0.821. The van der Waals surface area contributed by atoms with Crippen molar-refractivity contribution in [3.8, 4) is 6.07 Å². The highest BCUT2D eigenvalue weighted by atomic mass is 15.4. The van der Waals surface area contributed by atoms with Crippen molar-refractivity contribution < 1.29 is 0 Å². The van der Waals surface area contributed by atoms with Crippen molar-refractivity contribution in [3.05, 3.63) is 11.3 Å². The molecule has 5 heteroatoms. The first kappa shape index (κ1) is 12.5. The van der Waals surface area contributed by atoms with Crippen molar-refractivity contribution in [2.24, 2.45) is 24.6 Å². The molecule has 0 aromatic carbocycles. The van der Waals surface area contributed by atoms with Crippen LogP contribution < -0.4 is 10.6 Å². The Morgan fingerprint density at radius 1 is 1.32 bits per heavy atom. The van der Waals surface area contributed by atoms with E-state index < -0.39 is 0 Å². The van der Waals surface area contributed by atoms with Gasteiger partial charge in [0.15, 0.2) is 0 Å². The molecular formula is C14H21N5. The summed E-state index contributed by atoms with van der Waals surface area (Å²) in [5.74, 6) is 2.41. The number of aryl methyl sites for hydroxylation is 2. The van der Waals surface area contributed by atoms with E-state index in [4.69, 9.17) is 5.73 Å². The zero-order chi connectivity index (χ0) is 13.6. The first-order valence-corrected chi connectivity index (χ1v) is 7.04. The number of anilines is 1. The molecular weight excluding hydrogens is 238 g/mol. The number of hydrogen-bond donors (Lipinski definition) is 1. The summed E-state index contributed by atoms with van der Waals surface area (Å²) in [7, 11) is 1.93. The van der Waals surface area contributed by atoms with Crippen molar-refractivity contribution in [1.82, 2.24) is 9.78 Å². The largest absolute Gasteiger partial charge is 0.355 e. The summed E-state index contributed by atoms with van der Waals surface area (Å²) >= 11 is 0. The Labute approximate surface area is 114 Å². The minimum Gasteiger partial charge on any atom is -0.355 e. The van der Waals surface area contributed by atoms with Crippen molar-refractivity contribution in [3.63, 3.8) is 0 Å². The smallest absolute Gasteiger partial charge is 0.144 e. The Balaban J connectivity index is 1.87. The fourth-order valence-electron chi connectivity index (χ4n) is 3.78. The van der Waals surface area contributed by atoms with Crippen LogP contribution in [0.5, 0.6) is 0 Å². The van der Waals surface area contributed by atoms with Gasteiger partial charge < -0.3 is 10.6 Å². The van der Waals surface area contributed by atoms with Gasteiger partial charge in [0, 0.05) is 26.2 Å². The fraction of sp³-hybridized carbons (Fsp3) is 0.714. The van der Waals surface area contributed by atoms with E-state index in [1.807, 2.05) is 18.7 Å². The number of rotatable bonds is 1. The lowest BCUT2D eigenvalue weighted by Crippen LogP contribution is -2.32. The summed E-state index contributed by atoms with van der Waals surface area (Å²) in [6.45, 7) is 3.97. The number of nitriles is 1. The monoisotopic (exact) mass is 259 g/mol. The molecule has 102 valence electrons. The minimum absolute atomic E-state index is 0.366. The summed E-state index contributed by atoms with van der Waals surface area (Å²) < 4.78 is 1.85. The van der Waals surface area contributed by atoms with Crippen molar-refractivity contribution >= 4 is 5.82 Å². The zero-order valence-corrected chi connectivity index (χ0v) is 11.6. The number of fused-ring (bicyclic) bond motifs is 1. The highest BCUT2D eigenvalue weighted by Crippen LogP contribution is 2.38. The van der Waals surface area contributed by atoms with Gasteiger partial charge in [-0.25, -0.2) is 0 Å². The molecule has 0 amide bonds. The molecule has 2 aliphatic rings. The normalized spacial score (nSPS) is 30.2. The average molecular weight is 259 g/mol. The molecule has 3 rings (SSSR count). The lowest BCUT2D eigenvalue weighted by atomic mass is 9.79. The van der Waals surface area contributed by atoms with Gasteiger partial charge in [-0.05, 0) is 38.0 Å². The van der Waals surface area contributed by atoms with Crippen LogP contribution >= 0.6 is 0 Å². The molecule has 0 spiro atoms. The Bertz CT molecular complexity index is 527. The molecule has 1 aliphatic heterocycles. The second kappa shape index (κ2) is 4.53. The molecule has 2 fully saturated rings. The molecule has 1 aromatic heterocycles. The predicted molar refractivity (Wildman–Crippen MR) is 73.7 cm³/mol. The standard InChI is InChI=1S/C14H21N5/c1-9-13(6-15)14(18(2)17-9)19-7-10-3-4-12(16)5-11(10)8-19/h10-12H,3-5,7-8,16H2,1-2H3/t10-,11+,12?/m1/s1. The lowest BCUT2D eigenvalue weighted by Gasteiger charge is -2.27. The molecule has 3 atom stereocenters. The molecule has 1 saturated heterocycles. The van der Waals surface area contributed by atoms with E-state index in [0.29, 0.717) is 12.0 Å². The third kappa shape index (κ3) is 2.00. The van der Waals surface area contributed by atoms with Crippen molar-refractivity contribution in [2.45, 2.75) is 32.2 Å². The van der Waals surface area contributed by atoms with Crippen LogP contribution in [0.1, 0.15) is 30.5 Å². The lowest BCUT2D eigenvalue weighted by molar-refractivity contribution is 0.271. The molecule has 1 unspecified atom stereocenters. The second-order valence-corrected chi connectivity index (χ2v) is 6.02. The Hall–Kier alpha value is -1.54. The van der Waals surface area contributed by atoms with E-state index in [9.17, 15) is 5.26 Å². The van der Waals surface area contributed by atoms with E-state index in [-0.39, 0.29) is 0 Å². The zero-order valence-electron chi connectivity index (χ0n) is 11.6. The highest BCUT2D eigenvalue weighted by molar-refractivity contribution is 5.57. The predicted octanol–water partition coefficient (Wildman–Crippen LogP) is 1.16. The van der Waals surface area contributed by atoms with Gasteiger partial charge in [-0.2, -0.15) is 10.4 Å². The van der Waals surface area contributed by atoms with E-state index in [1.165, 1.54) is 6.42 Å². The summed E-state index contributed by atoms with van der Waals surface area (Å²) in [5, 5.41) is 13.7. The molecule has 5 nitrogen and oxygen atoms in total. The van der Waals surface area contributed by atoms with E-state index in [2.05, 4.69) is 16.1 Å². The van der Waals surface area contributed by atoms with Crippen LogP contribution in [-0.4, -0.2) is 28.9 Å². The van der Waals surface area contributed by atoms with E-state index in [0.717, 1.165) is 48.9 Å². The molecule has 0 radical (unpaired) electrons. The molecule has 1 aliphatic carbocycles. The summed E-state index contributed by atoms with van der Waals surface area (Å²) in [6, 6.07) is 2.67. The van der Waals surface area contributed by atoms with Crippen LogP contribution in [0.3, 0.4) is 0 Å². The van der Waals surface area contributed by atoms with Gasteiger partial charge in [0.05, 0.1) is 5.69 Å². The molecule has 0 bridgehead atoms. The van der Waals surface area contributed by atoms with E-state index in [1.54, 1.807) is 0 Å². The van der Waals surface area contributed by atoms with Gasteiger partial charge in [-0.15, -0.1) is 0 Å². The summed E-state index contributed by atoms with van der Waals surface area (Å²) in [4.78, 5) is 2.34. The van der Waals surface area contributed by atoms with E-state index >= 15 is 0 Å². The van der Waals surface area contributed by atoms with Gasteiger partial charge >= 0.3 is 0 Å². The maximum absolute atomic E-state index is 9.32. The van der Waals surface area contributed by atoms with Crippen LogP contribution in [0.25, 0.3) is 0 Å². The van der Waals surface area contributed by atoms with Crippen molar-refractivity contribution in [2.75, 3.05) is 18.0 Å². The van der Waals surface area contributed by atoms with Crippen LogP contribution in [0, 0.1) is 30.1 Å². The molecule has 19 heavy (non-hydrogen) atoms. The van der Waals surface area contributed by atoms with Gasteiger partial charge in [0.25, 0.3) is 0 Å². The minimum atomic E-state index is 0.366. The first-order valence-electron chi connectivity index (χ1n) is 7.04. The maximum atomic E-state index is 9.32. The Morgan fingerprint density at radius 2 is 2.05 bits per heavy atom. The number of nitrogens with zero attached hydrogens (tertiary/aromatic N) is 4. The fourth-order valence-corrected chi connectivity index (χ4v) is 3.78. The highest BCUT2D eigenvalue weighted by Gasteiger charge is 2.38. The van der Waals surface area contributed by atoms with Gasteiger partial charge in [0.1, 0.15) is 17.5 Å².